The molecule has 0 radical (unpaired) electrons. The molecule has 2 aromatic rings. The number of hydrogen-bond donors (Lipinski definition) is 2. The number of rotatable bonds is 1. The summed E-state index contributed by atoms with van der Waals surface area (Å²) < 4.78 is 4.48. The number of amides is 1. The van der Waals surface area contributed by atoms with E-state index in [4.69, 9.17) is 0 Å². The zero-order valence-electron chi connectivity index (χ0n) is 7.57. The van der Waals surface area contributed by atoms with Gasteiger partial charge in [0.2, 0.25) is 0 Å². The summed E-state index contributed by atoms with van der Waals surface area (Å²) in [5.41, 5.74) is 0.923. The lowest BCUT2D eigenvalue weighted by Gasteiger charge is -2.02. The smallest absolute Gasteiger partial charge is 0.412 e. The van der Waals surface area contributed by atoms with Crippen molar-refractivity contribution in [3.8, 4) is 0 Å². The van der Waals surface area contributed by atoms with E-state index in [2.05, 4.69) is 20.0 Å². The first-order chi connectivity index (χ1) is 6.81. The second kappa shape index (κ2) is 3.37. The van der Waals surface area contributed by atoms with Gasteiger partial charge in [-0.05, 0) is 12.1 Å². The molecule has 2 rings (SSSR count). The van der Waals surface area contributed by atoms with Crippen LogP contribution in [0.1, 0.15) is 0 Å². The largest absolute Gasteiger partial charge is 0.453 e. The predicted molar refractivity (Wildman–Crippen MR) is 52.1 cm³/mol. The summed E-state index contributed by atoms with van der Waals surface area (Å²) in [7, 11) is 1.31. The molecule has 1 amide bonds. The van der Waals surface area contributed by atoms with Gasteiger partial charge >= 0.3 is 6.09 Å². The molecule has 0 spiro atoms. The van der Waals surface area contributed by atoms with Crippen LogP contribution in [-0.2, 0) is 4.74 Å². The highest BCUT2D eigenvalue weighted by Crippen LogP contribution is 2.19. The maximum Gasteiger partial charge on any atom is 0.412 e. The van der Waals surface area contributed by atoms with Gasteiger partial charge in [-0.15, -0.1) is 0 Å². The second-order valence-electron chi connectivity index (χ2n) is 2.72. The van der Waals surface area contributed by atoms with Crippen LogP contribution in [0.5, 0.6) is 0 Å². The van der Waals surface area contributed by atoms with Crippen molar-refractivity contribution in [3.63, 3.8) is 0 Å². The number of H-pyrrole nitrogens is 1. The number of pyridine rings is 1. The highest BCUT2D eigenvalue weighted by Gasteiger charge is 2.06. The molecule has 0 saturated carbocycles. The van der Waals surface area contributed by atoms with Crippen LogP contribution in [0, 0.1) is 0 Å². The van der Waals surface area contributed by atoms with E-state index in [0.29, 0.717) is 5.82 Å². The first-order valence-corrected chi connectivity index (χ1v) is 4.08. The summed E-state index contributed by atoms with van der Waals surface area (Å²) in [6, 6.07) is 3.67. The number of carbonyl (C=O) groups excluding carboxylic acids is 1. The minimum Gasteiger partial charge on any atom is -0.453 e. The van der Waals surface area contributed by atoms with Crippen molar-refractivity contribution in [1.82, 2.24) is 9.97 Å². The molecule has 2 N–H and O–H groups in total. The van der Waals surface area contributed by atoms with Gasteiger partial charge in [-0.1, -0.05) is 0 Å². The maximum absolute atomic E-state index is 11.0. The molecule has 14 heavy (non-hydrogen) atoms. The zero-order valence-corrected chi connectivity index (χ0v) is 7.57. The number of aromatic amines is 1. The van der Waals surface area contributed by atoms with Crippen LogP contribution in [-0.4, -0.2) is 23.2 Å². The van der Waals surface area contributed by atoms with Gasteiger partial charge in [0.1, 0.15) is 5.82 Å². The number of anilines is 1. The van der Waals surface area contributed by atoms with Crippen molar-refractivity contribution in [1.29, 1.82) is 0 Å². The number of nitrogens with zero attached hydrogens (tertiary/aromatic N) is 1. The van der Waals surface area contributed by atoms with Crippen LogP contribution in [0.2, 0.25) is 0 Å². The molecule has 0 aliphatic heterocycles. The quantitative estimate of drug-likeness (QED) is 0.721. The molecule has 0 aromatic carbocycles. The number of ether oxygens (including phenoxy) is 1. The van der Waals surface area contributed by atoms with Gasteiger partial charge in [-0.25, -0.2) is 9.78 Å². The Bertz CT molecular complexity index is 464. The van der Waals surface area contributed by atoms with E-state index in [0.717, 1.165) is 10.9 Å². The first-order valence-electron chi connectivity index (χ1n) is 4.08. The van der Waals surface area contributed by atoms with E-state index >= 15 is 0 Å². The van der Waals surface area contributed by atoms with Gasteiger partial charge in [0.25, 0.3) is 0 Å². The number of carbonyl (C=O) groups is 1. The molecule has 72 valence electrons. The van der Waals surface area contributed by atoms with Crippen LogP contribution >= 0.6 is 0 Å². The fourth-order valence-electron chi connectivity index (χ4n) is 1.23. The average molecular weight is 191 g/mol. The Morgan fingerprint density at radius 2 is 2.43 bits per heavy atom. The van der Waals surface area contributed by atoms with E-state index in [1.807, 2.05) is 12.1 Å². The average Bonchev–Trinajstić information content (AvgIpc) is 2.66. The molecule has 0 unspecified atom stereocenters. The van der Waals surface area contributed by atoms with Crippen LogP contribution < -0.4 is 5.32 Å². The Balaban J connectivity index is 2.41. The molecule has 2 heterocycles. The number of methoxy groups -OCH3 is 1. The van der Waals surface area contributed by atoms with E-state index in [1.165, 1.54) is 7.11 Å². The van der Waals surface area contributed by atoms with Gasteiger partial charge in [0.05, 0.1) is 12.6 Å². The lowest BCUT2D eigenvalue weighted by atomic mass is 10.3. The monoisotopic (exact) mass is 191 g/mol. The van der Waals surface area contributed by atoms with Crippen molar-refractivity contribution in [2.24, 2.45) is 0 Å². The normalized spacial score (nSPS) is 10.1. The van der Waals surface area contributed by atoms with E-state index < -0.39 is 6.09 Å². The van der Waals surface area contributed by atoms with Gasteiger partial charge < -0.3 is 9.72 Å². The maximum atomic E-state index is 11.0. The highest BCUT2D eigenvalue weighted by molar-refractivity contribution is 5.96. The Labute approximate surface area is 80.1 Å². The van der Waals surface area contributed by atoms with E-state index in [-0.39, 0.29) is 0 Å². The third-order valence-corrected chi connectivity index (χ3v) is 1.88. The predicted octanol–water partition coefficient (Wildman–Crippen LogP) is 1.74. The summed E-state index contributed by atoms with van der Waals surface area (Å²) in [6.07, 6.45) is 2.88. The summed E-state index contributed by atoms with van der Waals surface area (Å²) in [6.45, 7) is 0. The number of aromatic nitrogens is 2. The Hall–Kier alpha value is -2.04. The SMILES string of the molecule is COC(=O)Nc1nccc2[nH]ccc12. The molecule has 0 saturated heterocycles. The van der Waals surface area contributed by atoms with Gasteiger partial charge in [0, 0.05) is 17.8 Å². The highest BCUT2D eigenvalue weighted by atomic mass is 16.5. The molecular weight excluding hydrogens is 182 g/mol. The first kappa shape index (κ1) is 8.55. The molecule has 5 nitrogen and oxygen atoms in total. The van der Waals surface area contributed by atoms with Gasteiger partial charge in [0.15, 0.2) is 0 Å². The molecule has 0 atom stereocenters. The summed E-state index contributed by atoms with van der Waals surface area (Å²) in [5, 5.41) is 3.39. The van der Waals surface area contributed by atoms with Crippen LogP contribution in [0.25, 0.3) is 10.9 Å². The summed E-state index contributed by atoms with van der Waals surface area (Å²) >= 11 is 0. The lowest BCUT2D eigenvalue weighted by Crippen LogP contribution is -2.12. The third-order valence-electron chi connectivity index (χ3n) is 1.88. The van der Waals surface area contributed by atoms with Crippen molar-refractivity contribution in [2.75, 3.05) is 12.4 Å². The van der Waals surface area contributed by atoms with Crippen LogP contribution in [0.4, 0.5) is 10.6 Å². The fourth-order valence-corrected chi connectivity index (χ4v) is 1.23. The fraction of sp³-hybridized carbons (Fsp3) is 0.111. The van der Waals surface area contributed by atoms with Crippen molar-refractivity contribution in [3.05, 3.63) is 24.5 Å². The minimum atomic E-state index is -0.522. The molecule has 0 fully saturated rings. The van der Waals surface area contributed by atoms with Crippen molar-refractivity contribution < 1.29 is 9.53 Å². The van der Waals surface area contributed by atoms with Gasteiger partial charge in [-0.2, -0.15) is 0 Å². The van der Waals surface area contributed by atoms with Gasteiger partial charge in [-0.3, -0.25) is 5.32 Å². The Morgan fingerprint density at radius 1 is 1.57 bits per heavy atom. The molecule has 2 aromatic heterocycles. The lowest BCUT2D eigenvalue weighted by molar-refractivity contribution is 0.187. The molecular formula is C9H9N3O2. The number of hydrogen-bond acceptors (Lipinski definition) is 3. The van der Waals surface area contributed by atoms with Crippen molar-refractivity contribution >= 4 is 22.8 Å². The Kier molecular flexibility index (Phi) is 2.06. The Morgan fingerprint density at radius 3 is 3.21 bits per heavy atom. The molecule has 0 aliphatic carbocycles. The summed E-state index contributed by atoms with van der Waals surface area (Å²) in [5.74, 6) is 0.496. The zero-order chi connectivity index (χ0) is 9.97. The van der Waals surface area contributed by atoms with Crippen LogP contribution in [0.15, 0.2) is 24.5 Å². The number of fused-ring (bicyclic) bond motifs is 1. The summed E-state index contributed by atoms with van der Waals surface area (Å²) in [4.78, 5) is 18.0. The molecule has 0 aliphatic rings. The van der Waals surface area contributed by atoms with E-state index in [1.54, 1.807) is 12.4 Å². The van der Waals surface area contributed by atoms with Crippen LogP contribution in [0.3, 0.4) is 0 Å². The topological polar surface area (TPSA) is 67.0 Å². The second-order valence-corrected chi connectivity index (χ2v) is 2.72. The molecule has 5 heteroatoms. The van der Waals surface area contributed by atoms with E-state index in [9.17, 15) is 4.79 Å². The number of nitrogens with one attached hydrogen (secondary N) is 2. The minimum absolute atomic E-state index is 0.496. The third kappa shape index (κ3) is 1.39. The molecule has 0 bridgehead atoms. The standard InChI is InChI=1S/C9H9N3O2/c1-14-9(13)12-8-6-2-4-10-7(6)3-5-11-8/h2-5,10H,1H3,(H,11,12,13). The van der Waals surface area contributed by atoms with Crippen molar-refractivity contribution in [2.45, 2.75) is 0 Å².